The van der Waals surface area contributed by atoms with Gasteiger partial charge in [0.1, 0.15) is 5.69 Å². The van der Waals surface area contributed by atoms with Crippen molar-refractivity contribution < 1.29 is 9.53 Å². The topological polar surface area (TPSA) is 93.4 Å². The van der Waals surface area contributed by atoms with Crippen LogP contribution >= 0.6 is 0 Å². The van der Waals surface area contributed by atoms with Gasteiger partial charge in [-0.1, -0.05) is 0 Å². The van der Waals surface area contributed by atoms with Crippen LogP contribution in [0.2, 0.25) is 0 Å². The number of ether oxygens (including phenoxy) is 1. The lowest BCUT2D eigenvalue weighted by Crippen LogP contribution is -2.50. The maximum Gasteiger partial charge on any atom is 0.270 e. The largest absolute Gasteiger partial charge is 0.378 e. The van der Waals surface area contributed by atoms with E-state index in [4.69, 9.17) is 10.5 Å². The Hall–Kier alpha value is -1.73. The standard InChI is InChI=1S/C14H21N5O2/c1-9-6-10(18-14(15)16-9)13(20)17-11-7-21-8-12(11)19-4-2-3-5-19/h6,11-12H,2-5,7-8H2,1H3,(H,17,20)(H2,15,16,18)/t11-,12-/m0/s1. The van der Waals surface area contributed by atoms with Crippen LogP contribution in [-0.4, -0.2) is 59.2 Å². The molecule has 1 aromatic heterocycles. The minimum atomic E-state index is -0.216. The normalized spacial score (nSPS) is 26.1. The zero-order valence-electron chi connectivity index (χ0n) is 12.2. The molecule has 0 unspecified atom stereocenters. The van der Waals surface area contributed by atoms with Gasteiger partial charge in [0.05, 0.1) is 25.3 Å². The van der Waals surface area contributed by atoms with Gasteiger partial charge in [-0.05, 0) is 38.9 Å². The van der Waals surface area contributed by atoms with Crippen molar-refractivity contribution in [3.63, 3.8) is 0 Å². The molecule has 7 heteroatoms. The second-order valence-corrected chi connectivity index (χ2v) is 5.68. The number of carbonyl (C=O) groups excluding carboxylic acids is 1. The Balaban J connectivity index is 1.68. The van der Waals surface area contributed by atoms with Gasteiger partial charge in [-0.25, -0.2) is 9.97 Å². The molecule has 0 radical (unpaired) electrons. The van der Waals surface area contributed by atoms with Gasteiger partial charge >= 0.3 is 0 Å². The number of likely N-dealkylation sites (tertiary alicyclic amines) is 1. The van der Waals surface area contributed by atoms with Gasteiger partial charge < -0.3 is 15.8 Å². The number of amides is 1. The second-order valence-electron chi connectivity index (χ2n) is 5.68. The van der Waals surface area contributed by atoms with Gasteiger partial charge in [-0.2, -0.15) is 0 Å². The van der Waals surface area contributed by atoms with Crippen molar-refractivity contribution in [3.05, 3.63) is 17.5 Å². The number of nitrogens with two attached hydrogens (primary N) is 1. The molecule has 2 saturated heterocycles. The molecule has 0 saturated carbocycles. The maximum absolute atomic E-state index is 12.3. The number of anilines is 1. The lowest BCUT2D eigenvalue weighted by Gasteiger charge is -2.27. The zero-order chi connectivity index (χ0) is 14.8. The van der Waals surface area contributed by atoms with E-state index in [1.807, 2.05) is 0 Å². The van der Waals surface area contributed by atoms with E-state index < -0.39 is 0 Å². The highest BCUT2D eigenvalue weighted by molar-refractivity contribution is 5.92. The first kappa shape index (κ1) is 14.2. The van der Waals surface area contributed by atoms with Crippen molar-refractivity contribution in [3.8, 4) is 0 Å². The molecule has 2 aliphatic rings. The predicted molar refractivity (Wildman–Crippen MR) is 77.8 cm³/mol. The second kappa shape index (κ2) is 5.95. The average molecular weight is 291 g/mol. The number of aromatic nitrogens is 2. The van der Waals surface area contributed by atoms with Crippen LogP contribution < -0.4 is 11.1 Å². The predicted octanol–water partition coefficient (Wildman–Crippen LogP) is -0.0398. The minimum Gasteiger partial charge on any atom is -0.378 e. The number of aryl methyl sites for hydroxylation is 1. The summed E-state index contributed by atoms with van der Waals surface area (Å²) in [7, 11) is 0. The fourth-order valence-electron chi connectivity index (χ4n) is 3.06. The Morgan fingerprint density at radius 1 is 1.38 bits per heavy atom. The van der Waals surface area contributed by atoms with Crippen molar-refractivity contribution >= 4 is 11.9 Å². The van der Waals surface area contributed by atoms with Crippen LogP contribution in [0.15, 0.2) is 6.07 Å². The highest BCUT2D eigenvalue weighted by atomic mass is 16.5. The van der Waals surface area contributed by atoms with E-state index in [2.05, 4.69) is 20.2 Å². The van der Waals surface area contributed by atoms with Crippen LogP contribution in [0, 0.1) is 6.92 Å². The third kappa shape index (κ3) is 3.14. The number of hydrogen-bond donors (Lipinski definition) is 2. The first-order chi connectivity index (χ1) is 10.1. The van der Waals surface area contributed by atoms with Gasteiger partial charge in [0.2, 0.25) is 5.95 Å². The van der Waals surface area contributed by atoms with E-state index in [-0.39, 0.29) is 23.9 Å². The van der Waals surface area contributed by atoms with Crippen molar-refractivity contribution in [2.24, 2.45) is 0 Å². The smallest absolute Gasteiger partial charge is 0.270 e. The fraction of sp³-hybridized carbons (Fsp3) is 0.643. The molecule has 0 aliphatic carbocycles. The molecule has 2 atom stereocenters. The summed E-state index contributed by atoms with van der Waals surface area (Å²) < 4.78 is 5.55. The molecule has 1 amide bonds. The third-order valence-electron chi connectivity index (χ3n) is 4.08. The number of rotatable bonds is 3. The van der Waals surface area contributed by atoms with Crippen LogP contribution in [0.25, 0.3) is 0 Å². The zero-order valence-corrected chi connectivity index (χ0v) is 12.2. The molecule has 21 heavy (non-hydrogen) atoms. The van der Waals surface area contributed by atoms with E-state index in [9.17, 15) is 4.79 Å². The average Bonchev–Trinajstić information content (AvgIpc) is 3.07. The van der Waals surface area contributed by atoms with E-state index in [0.29, 0.717) is 24.6 Å². The van der Waals surface area contributed by atoms with Crippen LogP contribution in [-0.2, 0) is 4.74 Å². The number of nitrogens with zero attached hydrogens (tertiary/aromatic N) is 3. The molecule has 0 bridgehead atoms. The Labute approximate surface area is 123 Å². The molecule has 2 fully saturated rings. The Morgan fingerprint density at radius 2 is 2.14 bits per heavy atom. The first-order valence-electron chi connectivity index (χ1n) is 7.37. The van der Waals surface area contributed by atoms with Gasteiger partial charge in [-0.3, -0.25) is 9.69 Å². The van der Waals surface area contributed by atoms with Crippen LogP contribution in [0.5, 0.6) is 0 Å². The van der Waals surface area contributed by atoms with E-state index in [1.165, 1.54) is 12.8 Å². The molecule has 3 rings (SSSR count). The van der Waals surface area contributed by atoms with Crippen LogP contribution in [0.4, 0.5) is 5.95 Å². The maximum atomic E-state index is 12.3. The highest BCUT2D eigenvalue weighted by Crippen LogP contribution is 2.19. The Morgan fingerprint density at radius 3 is 2.86 bits per heavy atom. The van der Waals surface area contributed by atoms with Crippen molar-refractivity contribution in [1.82, 2.24) is 20.2 Å². The number of nitrogens with one attached hydrogen (secondary N) is 1. The van der Waals surface area contributed by atoms with Gasteiger partial charge in [-0.15, -0.1) is 0 Å². The molecule has 1 aromatic rings. The molecular weight excluding hydrogens is 270 g/mol. The molecule has 114 valence electrons. The Kier molecular flexibility index (Phi) is 4.03. The SMILES string of the molecule is Cc1cc(C(=O)N[C@H]2COC[C@@H]2N2CCCC2)nc(N)n1. The van der Waals surface area contributed by atoms with Gasteiger partial charge in [0.15, 0.2) is 0 Å². The van der Waals surface area contributed by atoms with E-state index in [0.717, 1.165) is 13.1 Å². The molecule has 0 aromatic carbocycles. The summed E-state index contributed by atoms with van der Waals surface area (Å²) in [6.45, 7) is 5.18. The van der Waals surface area contributed by atoms with Gasteiger partial charge in [0.25, 0.3) is 5.91 Å². The quantitative estimate of drug-likeness (QED) is 0.811. The number of hydrogen-bond acceptors (Lipinski definition) is 6. The summed E-state index contributed by atoms with van der Waals surface area (Å²) >= 11 is 0. The summed E-state index contributed by atoms with van der Waals surface area (Å²) in [5.74, 6) is -0.0918. The third-order valence-corrected chi connectivity index (χ3v) is 4.08. The summed E-state index contributed by atoms with van der Waals surface area (Å²) in [4.78, 5) is 22.7. The van der Waals surface area contributed by atoms with Crippen LogP contribution in [0.1, 0.15) is 29.0 Å². The first-order valence-corrected chi connectivity index (χ1v) is 7.37. The molecule has 0 spiro atoms. The molecule has 7 nitrogen and oxygen atoms in total. The monoisotopic (exact) mass is 291 g/mol. The Bertz CT molecular complexity index is 510. The van der Waals surface area contributed by atoms with Crippen molar-refractivity contribution in [1.29, 1.82) is 0 Å². The lowest BCUT2D eigenvalue weighted by molar-refractivity contribution is 0.0911. The highest BCUT2D eigenvalue weighted by Gasteiger charge is 2.35. The molecule has 2 aliphatic heterocycles. The van der Waals surface area contributed by atoms with E-state index >= 15 is 0 Å². The summed E-state index contributed by atoms with van der Waals surface area (Å²) in [5.41, 5.74) is 6.60. The number of nitrogen functional groups attached to an aromatic ring is 1. The molecule has 3 N–H and O–H groups in total. The summed E-state index contributed by atoms with van der Waals surface area (Å²) in [6.07, 6.45) is 2.44. The summed E-state index contributed by atoms with van der Waals surface area (Å²) in [6, 6.07) is 1.91. The van der Waals surface area contributed by atoms with Gasteiger partial charge in [0, 0.05) is 5.69 Å². The van der Waals surface area contributed by atoms with Crippen molar-refractivity contribution in [2.45, 2.75) is 31.8 Å². The molecule has 3 heterocycles. The molecular formula is C14H21N5O2. The minimum absolute atomic E-state index is 0.00657. The summed E-state index contributed by atoms with van der Waals surface area (Å²) in [5, 5.41) is 3.03. The van der Waals surface area contributed by atoms with E-state index in [1.54, 1.807) is 13.0 Å². The van der Waals surface area contributed by atoms with Crippen molar-refractivity contribution in [2.75, 3.05) is 32.0 Å². The van der Waals surface area contributed by atoms with Crippen LogP contribution in [0.3, 0.4) is 0 Å². The number of carbonyl (C=O) groups is 1. The lowest BCUT2D eigenvalue weighted by atomic mass is 10.1. The fourth-order valence-corrected chi connectivity index (χ4v) is 3.06.